The summed E-state index contributed by atoms with van der Waals surface area (Å²) in [6.07, 6.45) is 2.29. The van der Waals surface area contributed by atoms with E-state index in [9.17, 15) is 0 Å². The van der Waals surface area contributed by atoms with Gasteiger partial charge in [0, 0.05) is 39.4 Å². The molecule has 0 aromatic carbocycles. The third-order valence-electron chi connectivity index (χ3n) is 2.72. The minimum absolute atomic E-state index is 0.225. The number of aliphatic hydroxyl groups is 1. The van der Waals surface area contributed by atoms with Crippen LogP contribution in [0.25, 0.3) is 0 Å². The minimum Gasteiger partial charge on any atom is -0.395 e. The van der Waals surface area contributed by atoms with E-state index in [-0.39, 0.29) is 6.61 Å². The van der Waals surface area contributed by atoms with Gasteiger partial charge < -0.3 is 15.6 Å². The van der Waals surface area contributed by atoms with Gasteiger partial charge in [0.1, 0.15) is 0 Å². The molecule has 84 valence electrons. The van der Waals surface area contributed by atoms with Crippen LogP contribution in [0.4, 0.5) is 0 Å². The molecular weight excluding hydrogens is 180 g/mol. The van der Waals surface area contributed by atoms with Crippen molar-refractivity contribution in [2.75, 3.05) is 46.0 Å². The zero-order valence-electron chi connectivity index (χ0n) is 8.82. The number of hydrogen-bond donors (Lipinski definition) is 2. The van der Waals surface area contributed by atoms with Crippen LogP contribution in [-0.4, -0.2) is 56.0 Å². The lowest BCUT2D eigenvalue weighted by Gasteiger charge is -2.28. The lowest BCUT2D eigenvalue weighted by Crippen LogP contribution is -2.37. The second kappa shape index (κ2) is 7.17. The molecule has 0 spiro atoms. The molecule has 4 nitrogen and oxygen atoms in total. The molecule has 0 bridgehead atoms. The highest BCUT2D eigenvalue weighted by Gasteiger charge is 2.16. The smallest absolute Gasteiger partial charge is 0.0558 e. The van der Waals surface area contributed by atoms with Gasteiger partial charge in [-0.15, -0.1) is 0 Å². The molecule has 0 atom stereocenters. The quantitative estimate of drug-likeness (QED) is 0.619. The number of hydrogen-bond acceptors (Lipinski definition) is 4. The van der Waals surface area contributed by atoms with Crippen LogP contribution in [0.3, 0.4) is 0 Å². The van der Waals surface area contributed by atoms with E-state index in [1.165, 1.54) is 0 Å². The topological polar surface area (TPSA) is 58.7 Å². The van der Waals surface area contributed by atoms with Gasteiger partial charge in [0.15, 0.2) is 0 Å². The van der Waals surface area contributed by atoms with Crippen molar-refractivity contribution < 1.29 is 9.84 Å². The molecule has 1 aliphatic rings. The molecule has 4 heteroatoms. The third-order valence-corrected chi connectivity index (χ3v) is 2.72. The highest BCUT2D eigenvalue weighted by atomic mass is 16.5. The largest absolute Gasteiger partial charge is 0.395 e. The zero-order chi connectivity index (χ0) is 10.2. The molecule has 1 saturated heterocycles. The fourth-order valence-corrected chi connectivity index (χ4v) is 1.91. The summed E-state index contributed by atoms with van der Waals surface area (Å²) in [7, 11) is 0. The Morgan fingerprint density at radius 1 is 1.29 bits per heavy atom. The molecule has 0 aliphatic carbocycles. The van der Waals surface area contributed by atoms with E-state index in [1.54, 1.807) is 0 Å². The third kappa shape index (κ3) is 4.37. The van der Waals surface area contributed by atoms with Crippen LogP contribution in [0.1, 0.15) is 12.8 Å². The molecule has 0 radical (unpaired) electrons. The first-order valence-corrected chi connectivity index (χ1v) is 5.48. The van der Waals surface area contributed by atoms with Gasteiger partial charge in [-0.2, -0.15) is 0 Å². The summed E-state index contributed by atoms with van der Waals surface area (Å²) in [4.78, 5) is 2.25. The summed E-state index contributed by atoms with van der Waals surface area (Å²) in [5.41, 5.74) is 5.52. The average molecular weight is 202 g/mol. The van der Waals surface area contributed by atoms with Crippen molar-refractivity contribution in [2.45, 2.75) is 12.8 Å². The zero-order valence-corrected chi connectivity index (χ0v) is 8.82. The van der Waals surface area contributed by atoms with Crippen LogP contribution in [0, 0.1) is 5.92 Å². The van der Waals surface area contributed by atoms with Gasteiger partial charge in [-0.3, -0.25) is 4.90 Å². The molecule has 1 heterocycles. The first-order chi connectivity index (χ1) is 6.86. The van der Waals surface area contributed by atoms with E-state index >= 15 is 0 Å². The number of rotatable bonds is 6. The number of ether oxygens (including phenoxy) is 1. The van der Waals surface area contributed by atoms with Crippen molar-refractivity contribution >= 4 is 0 Å². The van der Waals surface area contributed by atoms with E-state index in [4.69, 9.17) is 15.6 Å². The van der Waals surface area contributed by atoms with Crippen LogP contribution in [0.2, 0.25) is 0 Å². The molecule has 1 aliphatic heterocycles. The summed E-state index contributed by atoms with van der Waals surface area (Å²) >= 11 is 0. The average Bonchev–Trinajstić information content (AvgIpc) is 2.20. The summed E-state index contributed by atoms with van der Waals surface area (Å²) in [6.45, 7) is 5.36. The number of aliphatic hydroxyl groups excluding tert-OH is 1. The summed E-state index contributed by atoms with van der Waals surface area (Å²) in [5.74, 6) is 0.724. The van der Waals surface area contributed by atoms with Crippen LogP contribution in [0.5, 0.6) is 0 Å². The lowest BCUT2D eigenvalue weighted by molar-refractivity contribution is 0.0505. The van der Waals surface area contributed by atoms with Gasteiger partial charge in [0.25, 0.3) is 0 Å². The molecule has 1 fully saturated rings. The predicted molar refractivity (Wildman–Crippen MR) is 56.1 cm³/mol. The first kappa shape index (κ1) is 11.9. The van der Waals surface area contributed by atoms with Crippen molar-refractivity contribution in [3.8, 4) is 0 Å². The second-order valence-corrected chi connectivity index (χ2v) is 3.87. The molecule has 0 unspecified atom stereocenters. The lowest BCUT2D eigenvalue weighted by atomic mass is 10.00. The Morgan fingerprint density at radius 2 is 2.00 bits per heavy atom. The maximum Gasteiger partial charge on any atom is 0.0558 e. The van der Waals surface area contributed by atoms with Crippen LogP contribution < -0.4 is 5.73 Å². The Hall–Kier alpha value is -0.160. The minimum atomic E-state index is 0.225. The van der Waals surface area contributed by atoms with Crippen LogP contribution in [0.15, 0.2) is 0 Å². The molecule has 0 aromatic rings. The Labute approximate surface area is 86.0 Å². The fourth-order valence-electron chi connectivity index (χ4n) is 1.91. The van der Waals surface area contributed by atoms with Crippen molar-refractivity contribution in [3.63, 3.8) is 0 Å². The highest BCUT2D eigenvalue weighted by Crippen LogP contribution is 2.15. The van der Waals surface area contributed by atoms with Gasteiger partial charge in [-0.05, 0) is 18.8 Å². The van der Waals surface area contributed by atoms with Gasteiger partial charge in [-0.1, -0.05) is 0 Å². The first-order valence-electron chi connectivity index (χ1n) is 5.48. The summed E-state index contributed by atoms with van der Waals surface area (Å²) in [5, 5.41) is 8.89. The van der Waals surface area contributed by atoms with Gasteiger partial charge >= 0.3 is 0 Å². The maximum atomic E-state index is 8.89. The Morgan fingerprint density at radius 3 is 2.57 bits per heavy atom. The van der Waals surface area contributed by atoms with E-state index in [0.29, 0.717) is 6.54 Å². The van der Waals surface area contributed by atoms with Crippen molar-refractivity contribution in [1.82, 2.24) is 4.90 Å². The normalized spacial score (nSPS) is 19.1. The fraction of sp³-hybridized carbons (Fsp3) is 1.00. The van der Waals surface area contributed by atoms with Crippen LogP contribution in [-0.2, 0) is 4.74 Å². The molecule has 0 aromatic heterocycles. The van der Waals surface area contributed by atoms with Gasteiger partial charge in [-0.25, -0.2) is 0 Å². The van der Waals surface area contributed by atoms with Gasteiger partial charge in [0.2, 0.25) is 0 Å². The van der Waals surface area contributed by atoms with E-state index in [1.807, 2.05) is 0 Å². The van der Waals surface area contributed by atoms with E-state index in [2.05, 4.69) is 4.90 Å². The second-order valence-electron chi connectivity index (χ2n) is 3.87. The molecule has 0 amide bonds. The predicted octanol–water partition coefficient (Wildman–Crippen LogP) is -0.334. The standard InChI is InChI=1S/C10H22N2O2/c11-3-4-12(5-6-13)9-10-1-7-14-8-2-10/h10,13H,1-9,11H2. The van der Waals surface area contributed by atoms with Crippen molar-refractivity contribution in [1.29, 1.82) is 0 Å². The number of nitrogens with two attached hydrogens (primary N) is 1. The van der Waals surface area contributed by atoms with E-state index in [0.717, 1.165) is 51.6 Å². The molecule has 14 heavy (non-hydrogen) atoms. The Bertz CT molecular complexity index is 132. The van der Waals surface area contributed by atoms with Crippen molar-refractivity contribution in [3.05, 3.63) is 0 Å². The molecule has 0 saturated carbocycles. The van der Waals surface area contributed by atoms with E-state index < -0.39 is 0 Å². The summed E-state index contributed by atoms with van der Waals surface area (Å²) < 4.78 is 5.31. The Kier molecular flexibility index (Phi) is 6.10. The van der Waals surface area contributed by atoms with Gasteiger partial charge in [0.05, 0.1) is 6.61 Å². The SMILES string of the molecule is NCCN(CCO)CC1CCOCC1. The molecule has 1 rings (SSSR count). The summed E-state index contributed by atoms with van der Waals surface area (Å²) in [6, 6.07) is 0. The monoisotopic (exact) mass is 202 g/mol. The Balaban J connectivity index is 2.21. The number of nitrogens with zero attached hydrogens (tertiary/aromatic N) is 1. The van der Waals surface area contributed by atoms with Crippen LogP contribution >= 0.6 is 0 Å². The maximum absolute atomic E-state index is 8.89. The molecule has 3 N–H and O–H groups in total. The molecular formula is C10H22N2O2. The van der Waals surface area contributed by atoms with Crippen molar-refractivity contribution in [2.24, 2.45) is 11.7 Å². The highest BCUT2D eigenvalue weighted by molar-refractivity contribution is 4.69.